The van der Waals surface area contributed by atoms with E-state index in [0.29, 0.717) is 18.5 Å². The predicted octanol–water partition coefficient (Wildman–Crippen LogP) is 4.80. The average molecular weight is 408 g/mol. The van der Waals surface area contributed by atoms with E-state index in [9.17, 15) is 9.90 Å². The topological polar surface area (TPSA) is 64.6 Å². The Balaban J connectivity index is 1.78. The fourth-order valence-electron chi connectivity index (χ4n) is 2.61. The molecule has 0 aromatic heterocycles. The van der Waals surface area contributed by atoms with Crippen LogP contribution in [0.15, 0.2) is 36.4 Å². The zero-order valence-corrected chi connectivity index (χ0v) is 16.6. The van der Waals surface area contributed by atoms with Crippen molar-refractivity contribution in [1.29, 1.82) is 0 Å². The van der Waals surface area contributed by atoms with Gasteiger partial charge in [0.05, 0.1) is 12.1 Å². The SMILES string of the molecule is CCN(SNC=O)c1c(O)ccc(-c2ccc(NSCC3CC3)cc2)c1F. The van der Waals surface area contributed by atoms with Gasteiger partial charge in [-0.1, -0.05) is 24.1 Å². The van der Waals surface area contributed by atoms with Crippen molar-refractivity contribution >= 4 is 41.9 Å². The summed E-state index contributed by atoms with van der Waals surface area (Å²) in [6, 6.07) is 10.6. The lowest BCUT2D eigenvalue weighted by molar-refractivity contribution is -0.107. The lowest BCUT2D eigenvalue weighted by Gasteiger charge is -2.23. The number of anilines is 2. The smallest absolute Gasteiger partial charge is 0.218 e. The number of amides is 1. The third-order valence-electron chi connectivity index (χ3n) is 4.24. The molecule has 0 heterocycles. The second kappa shape index (κ2) is 9.23. The molecular weight excluding hydrogens is 385 g/mol. The molecular formula is C19H22FN3O2S2. The zero-order chi connectivity index (χ0) is 19.2. The molecule has 0 spiro atoms. The van der Waals surface area contributed by atoms with Crippen LogP contribution >= 0.6 is 24.1 Å². The molecule has 1 aliphatic carbocycles. The molecule has 8 heteroatoms. The van der Waals surface area contributed by atoms with Gasteiger partial charge in [-0.2, -0.15) is 0 Å². The van der Waals surface area contributed by atoms with Gasteiger partial charge >= 0.3 is 0 Å². The number of phenolic OH excluding ortho intramolecular Hbond substituents is 1. The van der Waals surface area contributed by atoms with Gasteiger partial charge in [0.25, 0.3) is 0 Å². The fraction of sp³-hybridized carbons (Fsp3) is 0.316. The second-order valence-electron chi connectivity index (χ2n) is 6.25. The molecule has 0 saturated heterocycles. The van der Waals surface area contributed by atoms with E-state index in [1.807, 2.05) is 31.2 Å². The Labute approximate surface area is 167 Å². The molecule has 2 aromatic carbocycles. The Hall–Kier alpha value is -2.06. The van der Waals surface area contributed by atoms with Crippen LogP contribution in [0.5, 0.6) is 5.75 Å². The zero-order valence-electron chi connectivity index (χ0n) is 14.9. The number of halogens is 1. The van der Waals surface area contributed by atoms with Gasteiger partial charge in [0.15, 0.2) is 5.82 Å². The van der Waals surface area contributed by atoms with Crippen LogP contribution in [0, 0.1) is 11.7 Å². The van der Waals surface area contributed by atoms with Crippen molar-refractivity contribution in [3.63, 3.8) is 0 Å². The Kier molecular flexibility index (Phi) is 6.73. The number of aromatic hydroxyl groups is 1. The van der Waals surface area contributed by atoms with E-state index < -0.39 is 5.82 Å². The lowest BCUT2D eigenvalue weighted by atomic mass is 10.0. The van der Waals surface area contributed by atoms with Crippen LogP contribution in [0.1, 0.15) is 19.8 Å². The van der Waals surface area contributed by atoms with Crippen molar-refractivity contribution < 1.29 is 14.3 Å². The van der Waals surface area contributed by atoms with Crippen molar-refractivity contribution in [3.8, 4) is 16.9 Å². The van der Waals surface area contributed by atoms with Crippen LogP contribution in [0.25, 0.3) is 11.1 Å². The normalized spacial score (nSPS) is 13.3. The molecule has 5 nitrogen and oxygen atoms in total. The van der Waals surface area contributed by atoms with E-state index in [2.05, 4.69) is 9.44 Å². The van der Waals surface area contributed by atoms with Gasteiger partial charge in [0.2, 0.25) is 6.41 Å². The number of phenols is 1. The highest BCUT2D eigenvalue weighted by molar-refractivity contribution is 8.00. The van der Waals surface area contributed by atoms with Gasteiger partial charge in [0, 0.05) is 23.5 Å². The predicted molar refractivity (Wildman–Crippen MR) is 112 cm³/mol. The molecule has 3 rings (SSSR count). The number of rotatable bonds is 10. The van der Waals surface area contributed by atoms with E-state index in [-0.39, 0.29) is 11.4 Å². The number of carbonyl (C=O) groups excluding carboxylic acids is 1. The van der Waals surface area contributed by atoms with Crippen LogP contribution in [-0.4, -0.2) is 23.8 Å². The minimum atomic E-state index is -0.527. The van der Waals surface area contributed by atoms with E-state index in [1.54, 1.807) is 18.0 Å². The standard InChI is InChI=1S/C19H22FN3O2S2/c1-2-23(27-21-12-24)19-17(25)10-9-16(18(19)20)14-5-7-15(8-6-14)22-26-11-13-3-4-13/h5-10,12-13,22,25H,2-4,11H2,1H3,(H,21,24). The number of hydrogen-bond donors (Lipinski definition) is 3. The summed E-state index contributed by atoms with van der Waals surface area (Å²) in [5.41, 5.74) is 2.14. The van der Waals surface area contributed by atoms with Crippen molar-refractivity contribution in [2.75, 3.05) is 21.3 Å². The molecule has 0 aliphatic heterocycles. The van der Waals surface area contributed by atoms with Crippen LogP contribution in [0.2, 0.25) is 0 Å². The summed E-state index contributed by atoms with van der Waals surface area (Å²) in [5.74, 6) is 1.25. The van der Waals surface area contributed by atoms with Crippen molar-refractivity contribution in [3.05, 3.63) is 42.2 Å². The molecule has 1 saturated carbocycles. The molecule has 1 amide bonds. The molecule has 27 heavy (non-hydrogen) atoms. The molecule has 144 valence electrons. The van der Waals surface area contributed by atoms with Gasteiger partial charge < -0.3 is 9.83 Å². The summed E-state index contributed by atoms with van der Waals surface area (Å²) in [7, 11) is 0. The number of hydrogen-bond acceptors (Lipinski definition) is 6. The summed E-state index contributed by atoms with van der Waals surface area (Å²) in [5, 5.41) is 10.1. The highest BCUT2D eigenvalue weighted by Gasteiger charge is 2.21. The fourth-order valence-corrected chi connectivity index (χ4v) is 4.13. The van der Waals surface area contributed by atoms with Crippen molar-refractivity contribution in [2.45, 2.75) is 19.8 Å². The molecule has 3 N–H and O–H groups in total. The van der Waals surface area contributed by atoms with Gasteiger partial charge in [0.1, 0.15) is 11.4 Å². The first-order chi connectivity index (χ1) is 13.1. The van der Waals surface area contributed by atoms with Gasteiger partial charge in [-0.15, -0.1) is 0 Å². The maximum Gasteiger partial charge on any atom is 0.218 e. The number of nitrogens with one attached hydrogen (secondary N) is 2. The van der Waals surface area contributed by atoms with Crippen molar-refractivity contribution in [2.24, 2.45) is 5.92 Å². The first kappa shape index (κ1) is 19.7. The Bertz CT molecular complexity index is 785. The summed E-state index contributed by atoms with van der Waals surface area (Å²) in [6.45, 7) is 2.21. The highest BCUT2D eigenvalue weighted by Crippen LogP contribution is 2.39. The van der Waals surface area contributed by atoms with Crippen LogP contribution in [-0.2, 0) is 4.79 Å². The average Bonchev–Trinajstić information content (AvgIpc) is 3.49. The van der Waals surface area contributed by atoms with Gasteiger partial charge in [-0.25, -0.2) is 4.39 Å². The highest BCUT2D eigenvalue weighted by atomic mass is 32.2. The molecule has 1 fully saturated rings. The number of benzene rings is 2. The molecule has 0 unspecified atom stereocenters. The van der Waals surface area contributed by atoms with E-state index in [4.69, 9.17) is 0 Å². The molecule has 1 aliphatic rings. The maximum absolute atomic E-state index is 15.1. The second-order valence-corrected chi connectivity index (χ2v) is 7.94. The molecule has 0 radical (unpaired) electrons. The number of carbonyl (C=O) groups is 1. The summed E-state index contributed by atoms with van der Waals surface area (Å²) in [4.78, 5) is 10.5. The van der Waals surface area contributed by atoms with Crippen LogP contribution in [0.3, 0.4) is 0 Å². The van der Waals surface area contributed by atoms with E-state index in [0.717, 1.165) is 35.1 Å². The largest absolute Gasteiger partial charge is 0.506 e. The minimum Gasteiger partial charge on any atom is -0.506 e. The van der Waals surface area contributed by atoms with Crippen LogP contribution in [0.4, 0.5) is 15.8 Å². The quantitative estimate of drug-likeness (QED) is 0.388. The summed E-state index contributed by atoms with van der Waals surface area (Å²) >= 11 is 2.63. The Morgan fingerprint density at radius 3 is 2.63 bits per heavy atom. The van der Waals surface area contributed by atoms with Gasteiger partial charge in [-0.05, 0) is 55.5 Å². The Morgan fingerprint density at radius 1 is 1.26 bits per heavy atom. The first-order valence-corrected chi connectivity index (χ1v) is 10.5. The number of nitrogens with zero attached hydrogens (tertiary/aromatic N) is 1. The third kappa shape index (κ3) is 5.01. The Morgan fingerprint density at radius 2 is 2.00 bits per heavy atom. The maximum atomic E-state index is 15.1. The minimum absolute atomic E-state index is 0.0524. The monoisotopic (exact) mass is 407 g/mol. The van der Waals surface area contributed by atoms with Gasteiger partial charge in [-0.3, -0.25) is 13.8 Å². The summed E-state index contributed by atoms with van der Waals surface area (Å²) in [6.07, 6.45) is 3.16. The van der Waals surface area contributed by atoms with E-state index in [1.165, 1.54) is 23.2 Å². The first-order valence-electron chi connectivity index (χ1n) is 8.77. The van der Waals surface area contributed by atoms with Crippen molar-refractivity contribution in [1.82, 2.24) is 4.72 Å². The lowest BCUT2D eigenvalue weighted by Crippen LogP contribution is -2.20. The third-order valence-corrected chi connectivity index (χ3v) is 6.13. The van der Waals surface area contributed by atoms with E-state index >= 15 is 4.39 Å². The molecule has 0 bridgehead atoms. The molecule has 0 atom stereocenters. The molecule has 2 aromatic rings. The summed E-state index contributed by atoms with van der Waals surface area (Å²) < 4.78 is 22.4. The van der Waals surface area contributed by atoms with Crippen LogP contribution < -0.4 is 13.7 Å².